The van der Waals surface area contributed by atoms with Crippen LogP contribution in [0.5, 0.6) is 0 Å². The van der Waals surface area contributed by atoms with Gasteiger partial charge in [0.1, 0.15) is 6.10 Å². The van der Waals surface area contributed by atoms with Gasteiger partial charge in [-0.25, -0.2) is 0 Å². The Balaban J connectivity index is 1.69. The molecule has 0 amide bonds. The van der Waals surface area contributed by atoms with E-state index in [1.54, 1.807) is 6.07 Å². The number of aliphatic hydroxyl groups excluding tert-OH is 1. The molecule has 1 atom stereocenters. The average Bonchev–Trinajstić information content (AvgIpc) is 3.03. The molecule has 2 aliphatic rings. The summed E-state index contributed by atoms with van der Waals surface area (Å²) in [5.41, 5.74) is 5.41. The van der Waals surface area contributed by atoms with E-state index in [1.807, 2.05) is 10.7 Å². The van der Waals surface area contributed by atoms with Crippen LogP contribution in [0.2, 0.25) is 0 Å². The molecule has 6 nitrogen and oxygen atoms in total. The zero-order valence-electron chi connectivity index (χ0n) is 13.4. The molecule has 1 N–H and O–H groups in total. The number of aromatic nitrogens is 2. The summed E-state index contributed by atoms with van der Waals surface area (Å²) in [6.07, 6.45) is 3.83. The topological polar surface area (TPSA) is 80.3 Å². The molecular weight excluding hydrogens is 306 g/mol. The Labute approximate surface area is 140 Å². The molecule has 24 heavy (non-hydrogen) atoms. The third-order valence-electron chi connectivity index (χ3n) is 4.60. The lowest BCUT2D eigenvalue weighted by molar-refractivity contribution is -0.0946. The lowest BCUT2D eigenvalue weighted by atomic mass is 9.86. The number of nitrogens with zero attached hydrogens (tertiary/aromatic N) is 3. The van der Waals surface area contributed by atoms with Crippen molar-refractivity contribution in [2.75, 3.05) is 19.8 Å². The van der Waals surface area contributed by atoms with Gasteiger partial charge >= 0.3 is 0 Å². The van der Waals surface area contributed by atoms with Gasteiger partial charge in [-0.2, -0.15) is 10.4 Å². The number of hydrogen-bond donors (Lipinski definition) is 1. The standard InChI is InChI=1S/C18H19N3O3/c19-7-15-6-12(10-22)5-13-1-2-14-8-21(20-18(14)17(13)15)9-16-11-23-3-4-24-16/h5-6,8,16,22H,1-4,9-11H2/t16-/m0/s1. The predicted molar refractivity (Wildman–Crippen MR) is 86.3 cm³/mol. The van der Waals surface area contributed by atoms with Crippen molar-refractivity contribution >= 4 is 0 Å². The monoisotopic (exact) mass is 325 g/mol. The lowest BCUT2D eigenvalue weighted by Crippen LogP contribution is -2.32. The van der Waals surface area contributed by atoms with Gasteiger partial charge in [-0.1, -0.05) is 6.07 Å². The fraction of sp³-hybridized carbons (Fsp3) is 0.444. The zero-order chi connectivity index (χ0) is 16.5. The van der Waals surface area contributed by atoms with Gasteiger partial charge in [-0.15, -0.1) is 0 Å². The van der Waals surface area contributed by atoms with Crippen LogP contribution in [0.15, 0.2) is 18.3 Å². The minimum absolute atomic E-state index is 0.0202. The van der Waals surface area contributed by atoms with Crippen LogP contribution < -0.4 is 0 Å². The van der Waals surface area contributed by atoms with E-state index in [2.05, 4.69) is 12.3 Å². The summed E-state index contributed by atoms with van der Waals surface area (Å²) in [5.74, 6) is 0. The number of rotatable bonds is 3. The molecule has 1 aliphatic heterocycles. The number of aryl methyl sites for hydroxylation is 2. The Morgan fingerprint density at radius 1 is 1.29 bits per heavy atom. The van der Waals surface area contributed by atoms with Crippen molar-refractivity contribution in [3.05, 3.63) is 40.6 Å². The maximum atomic E-state index is 9.50. The Morgan fingerprint density at radius 2 is 2.17 bits per heavy atom. The first-order valence-electron chi connectivity index (χ1n) is 8.21. The van der Waals surface area contributed by atoms with E-state index in [0.717, 1.165) is 40.8 Å². The summed E-state index contributed by atoms with van der Waals surface area (Å²) in [6.45, 7) is 2.46. The Kier molecular flexibility index (Phi) is 4.07. The van der Waals surface area contributed by atoms with Crippen molar-refractivity contribution in [1.29, 1.82) is 5.26 Å². The van der Waals surface area contributed by atoms with Crippen molar-refractivity contribution in [1.82, 2.24) is 9.78 Å². The van der Waals surface area contributed by atoms with Crippen molar-refractivity contribution in [3.63, 3.8) is 0 Å². The third-order valence-corrected chi connectivity index (χ3v) is 4.60. The Morgan fingerprint density at radius 3 is 2.92 bits per heavy atom. The van der Waals surface area contributed by atoms with Crippen molar-refractivity contribution < 1.29 is 14.6 Å². The normalized spacial score (nSPS) is 19.4. The second-order valence-electron chi connectivity index (χ2n) is 6.24. The van der Waals surface area contributed by atoms with Crippen LogP contribution in [0.25, 0.3) is 11.3 Å². The van der Waals surface area contributed by atoms with E-state index in [9.17, 15) is 10.4 Å². The molecule has 6 heteroatoms. The molecule has 0 radical (unpaired) electrons. The van der Waals surface area contributed by atoms with Crippen LogP contribution in [-0.4, -0.2) is 40.8 Å². The molecule has 1 fully saturated rings. The summed E-state index contributed by atoms with van der Waals surface area (Å²) in [4.78, 5) is 0. The first kappa shape index (κ1) is 15.3. The fourth-order valence-corrected chi connectivity index (χ4v) is 3.49. The SMILES string of the molecule is N#Cc1cc(CO)cc2c1-c1nn(C[C@H]3COCCO3)cc1CC2. The van der Waals surface area contributed by atoms with Gasteiger partial charge in [0, 0.05) is 11.8 Å². The van der Waals surface area contributed by atoms with Gasteiger partial charge in [-0.05, 0) is 35.6 Å². The highest BCUT2D eigenvalue weighted by atomic mass is 16.6. The van der Waals surface area contributed by atoms with E-state index in [4.69, 9.17) is 14.6 Å². The van der Waals surface area contributed by atoms with E-state index in [1.165, 1.54) is 0 Å². The van der Waals surface area contributed by atoms with Gasteiger partial charge in [0.25, 0.3) is 0 Å². The smallest absolute Gasteiger partial charge is 0.100 e. The van der Waals surface area contributed by atoms with Gasteiger partial charge in [0.2, 0.25) is 0 Å². The molecule has 124 valence electrons. The molecule has 0 saturated carbocycles. The fourth-order valence-electron chi connectivity index (χ4n) is 3.49. The van der Waals surface area contributed by atoms with Crippen LogP contribution in [0, 0.1) is 11.3 Å². The first-order chi connectivity index (χ1) is 11.8. The van der Waals surface area contributed by atoms with Crippen molar-refractivity contribution in [2.45, 2.75) is 32.1 Å². The summed E-state index contributed by atoms with van der Waals surface area (Å²) in [6, 6.07) is 5.99. The highest BCUT2D eigenvalue weighted by Gasteiger charge is 2.24. The zero-order valence-corrected chi connectivity index (χ0v) is 13.4. The maximum absolute atomic E-state index is 9.50. The first-order valence-corrected chi connectivity index (χ1v) is 8.21. The minimum Gasteiger partial charge on any atom is -0.392 e. The van der Waals surface area contributed by atoms with E-state index >= 15 is 0 Å². The van der Waals surface area contributed by atoms with Crippen molar-refractivity contribution in [2.24, 2.45) is 0 Å². The summed E-state index contributed by atoms with van der Waals surface area (Å²) in [5, 5.41) is 23.6. The highest BCUT2D eigenvalue weighted by molar-refractivity contribution is 5.76. The Hall–Kier alpha value is -2.20. The van der Waals surface area contributed by atoms with Crippen LogP contribution >= 0.6 is 0 Å². The number of benzene rings is 1. The van der Waals surface area contributed by atoms with Crippen molar-refractivity contribution in [3.8, 4) is 17.3 Å². The molecule has 1 saturated heterocycles. The number of ether oxygens (including phenoxy) is 2. The van der Waals surface area contributed by atoms with E-state index in [0.29, 0.717) is 31.9 Å². The number of nitriles is 1. The minimum atomic E-state index is -0.0533. The molecule has 1 aromatic heterocycles. The second kappa shape index (κ2) is 6.36. The second-order valence-corrected chi connectivity index (χ2v) is 6.24. The summed E-state index contributed by atoms with van der Waals surface area (Å²) < 4.78 is 13.0. The van der Waals surface area contributed by atoms with E-state index in [-0.39, 0.29) is 12.7 Å². The van der Waals surface area contributed by atoms with Crippen LogP contribution in [0.1, 0.15) is 22.3 Å². The number of hydrogen-bond acceptors (Lipinski definition) is 5. The van der Waals surface area contributed by atoms with Gasteiger partial charge in [0.05, 0.1) is 50.3 Å². The predicted octanol–water partition coefficient (Wildman–Crippen LogP) is 1.43. The number of aliphatic hydroxyl groups is 1. The Bertz CT molecular complexity index is 801. The van der Waals surface area contributed by atoms with Gasteiger partial charge < -0.3 is 14.6 Å². The third kappa shape index (κ3) is 2.71. The molecule has 2 aromatic rings. The summed E-state index contributed by atoms with van der Waals surface area (Å²) >= 11 is 0. The van der Waals surface area contributed by atoms with Crippen LogP contribution in [0.3, 0.4) is 0 Å². The van der Waals surface area contributed by atoms with Crippen LogP contribution in [0.4, 0.5) is 0 Å². The van der Waals surface area contributed by atoms with Gasteiger partial charge in [-0.3, -0.25) is 4.68 Å². The largest absolute Gasteiger partial charge is 0.392 e. The van der Waals surface area contributed by atoms with Crippen LogP contribution in [-0.2, 0) is 35.5 Å². The molecule has 0 bridgehead atoms. The average molecular weight is 325 g/mol. The molecule has 1 aliphatic carbocycles. The molecule has 4 rings (SSSR count). The molecule has 1 aromatic carbocycles. The quantitative estimate of drug-likeness (QED) is 0.923. The lowest BCUT2D eigenvalue weighted by Gasteiger charge is -2.22. The summed E-state index contributed by atoms with van der Waals surface area (Å²) in [7, 11) is 0. The van der Waals surface area contributed by atoms with Gasteiger partial charge in [0.15, 0.2) is 0 Å². The molecule has 0 unspecified atom stereocenters. The molecular formula is C18H19N3O3. The molecule has 0 spiro atoms. The highest BCUT2D eigenvalue weighted by Crippen LogP contribution is 2.35. The molecule has 2 heterocycles. The number of fused-ring (bicyclic) bond motifs is 3. The van der Waals surface area contributed by atoms with E-state index < -0.39 is 0 Å². The maximum Gasteiger partial charge on any atom is 0.100 e.